The largest absolute Gasteiger partial charge is 0.378 e. The Kier molecular flexibility index (Phi) is 5.81. The lowest BCUT2D eigenvalue weighted by Gasteiger charge is -2.27. The standard InChI is InChI=1S/C16H26N6O2/c1-12-8-13(2-7-24-12)9-20-16(23)21-14-10-18-15(19-11-14)22-5-3-17-4-6-22/h10-13,17H,2-9H2,1H3,(H2,20,21,23). The molecule has 0 aliphatic carbocycles. The number of amides is 2. The zero-order valence-electron chi connectivity index (χ0n) is 14.1. The van der Waals surface area contributed by atoms with Crippen molar-refractivity contribution in [3.05, 3.63) is 12.4 Å². The smallest absolute Gasteiger partial charge is 0.319 e. The third kappa shape index (κ3) is 4.78. The van der Waals surface area contributed by atoms with E-state index in [1.807, 2.05) is 0 Å². The van der Waals surface area contributed by atoms with Gasteiger partial charge in [-0.05, 0) is 25.7 Å². The van der Waals surface area contributed by atoms with E-state index in [1.165, 1.54) is 0 Å². The van der Waals surface area contributed by atoms with Crippen LogP contribution in [-0.4, -0.2) is 61.4 Å². The van der Waals surface area contributed by atoms with E-state index in [-0.39, 0.29) is 12.1 Å². The summed E-state index contributed by atoms with van der Waals surface area (Å²) in [5.74, 6) is 1.18. The molecule has 0 spiro atoms. The summed E-state index contributed by atoms with van der Waals surface area (Å²) in [6.07, 6.45) is 5.57. The molecule has 2 atom stereocenters. The van der Waals surface area contributed by atoms with Crippen LogP contribution < -0.4 is 20.9 Å². The number of anilines is 2. The fourth-order valence-electron chi connectivity index (χ4n) is 3.10. The Morgan fingerprint density at radius 1 is 1.38 bits per heavy atom. The number of nitrogens with one attached hydrogen (secondary N) is 3. The Bertz CT molecular complexity index is 532. The number of nitrogens with zero attached hydrogens (tertiary/aromatic N) is 3. The second-order valence-electron chi connectivity index (χ2n) is 6.42. The molecule has 2 aliphatic rings. The van der Waals surface area contributed by atoms with Crippen LogP contribution in [0.2, 0.25) is 0 Å². The number of ether oxygens (including phenoxy) is 1. The summed E-state index contributed by atoms with van der Waals surface area (Å²) in [7, 11) is 0. The molecule has 3 heterocycles. The van der Waals surface area contributed by atoms with Crippen molar-refractivity contribution in [2.24, 2.45) is 5.92 Å². The van der Waals surface area contributed by atoms with Crippen LogP contribution in [0, 0.1) is 5.92 Å². The van der Waals surface area contributed by atoms with Crippen molar-refractivity contribution in [2.75, 3.05) is 49.5 Å². The molecule has 0 aromatic carbocycles. The monoisotopic (exact) mass is 334 g/mol. The molecule has 0 radical (unpaired) electrons. The van der Waals surface area contributed by atoms with E-state index in [1.54, 1.807) is 12.4 Å². The van der Waals surface area contributed by atoms with Crippen molar-refractivity contribution in [3.63, 3.8) is 0 Å². The average molecular weight is 334 g/mol. The molecule has 24 heavy (non-hydrogen) atoms. The topological polar surface area (TPSA) is 91.4 Å². The third-order valence-corrected chi connectivity index (χ3v) is 4.44. The first-order chi connectivity index (χ1) is 11.7. The number of urea groups is 1. The molecule has 2 saturated heterocycles. The van der Waals surface area contributed by atoms with Crippen molar-refractivity contribution in [1.82, 2.24) is 20.6 Å². The first kappa shape index (κ1) is 16.9. The lowest BCUT2D eigenvalue weighted by atomic mass is 9.96. The minimum Gasteiger partial charge on any atom is -0.378 e. The van der Waals surface area contributed by atoms with Gasteiger partial charge in [0.05, 0.1) is 24.2 Å². The minimum absolute atomic E-state index is 0.215. The molecule has 8 nitrogen and oxygen atoms in total. The molecule has 0 bridgehead atoms. The fraction of sp³-hybridized carbons (Fsp3) is 0.688. The molecule has 3 N–H and O–H groups in total. The summed E-state index contributed by atoms with van der Waals surface area (Å²) in [5.41, 5.74) is 0.603. The normalized spacial score (nSPS) is 24.5. The van der Waals surface area contributed by atoms with Crippen molar-refractivity contribution in [1.29, 1.82) is 0 Å². The number of piperazine rings is 1. The second-order valence-corrected chi connectivity index (χ2v) is 6.42. The zero-order valence-corrected chi connectivity index (χ0v) is 14.1. The molecule has 2 amide bonds. The van der Waals surface area contributed by atoms with Gasteiger partial charge in [-0.25, -0.2) is 14.8 Å². The summed E-state index contributed by atoms with van der Waals surface area (Å²) in [6, 6.07) is -0.215. The fourth-order valence-corrected chi connectivity index (χ4v) is 3.10. The highest BCUT2D eigenvalue weighted by atomic mass is 16.5. The van der Waals surface area contributed by atoms with Crippen LogP contribution in [0.5, 0.6) is 0 Å². The van der Waals surface area contributed by atoms with Crippen LogP contribution in [0.4, 0.5) is 16.4 Å². The SMILES string of the molecule is CC1CC(CNC(=O)Nc2cnc(N3CCNCC3)nc2)CCO1. The average Bonchev–Trinajstić information content (AvgIpc) is 2.61. The van der Waals surface area contributed by atoms with Crippen molar-refractivity contribution in [3.8, 4) is 0 Å². The van der Waals surface area contributed by atoms with Gasteiger partial charge in [0.25, 0.3) is 0 Å². The Morgan fingerprint density at radius 2 is 2.12 bits per heavy atom. The lowest BCUT2D eigenvalue weighted by Crippen LogP contribution is -2.44. The van der Waals surface area contributed by atoms with Crippen molar-refractivity contribution in [2.45, 2.75) is 25.9 Å². The van der Waals surface area contributed by atoms with Gasteiger partial charge >= 0.3 is 6.03 Å². The van der Waals surface area contributed by atoms with E-state index < -0.39 is 0 Å². The summed E-state index contributed by atoms with van der Waals surface area (Å²) >= 11 is 0. The van der Waals surface area contributed by atoms with E-state index >= 15 is 0 Å². The van der Waals surface area contributed by atoms with Crippen molar-refractivity contribution < 1.29 is 9.53 Å². The van der Waals surface area contributed by atoms with Crippen LogP contribution in [0.15, 0.2) is 12.4 Å². The predicted octanol–water partition coefficient (Wildman–Crippen LogP) is 0.823. The van der Waals surface area contributed by atoms with E-state index in [9.17, 15) is 4.79 Å². The number of aromatic nitrogens is 2. The molecule has 3 rings (SSSR count). The maximum Gasteiger partial charge on any atom is 0.319 e. The molecule has 1 aromatic heterocycles. The maximum absolute atomic E-state index is 12.0. The highest BCUT2D eigenvalue weighted by Gasteiger charge is 2.19. The van der Waals surface area contributed by atoms with Crippen molar-refractivity contribution >= 4 is 17.7 Å². The van der Waals surface area contributed by atoms with Gasteiger partial charge in [0.15, 0.2) is 0 Å². The van der Waals surface area contributed by atoms with E-state index in [0.29, 0.717) is 24.1 Å². The minimum atomic E-state index is -0.215. The van der Waals surface area contributed by atoms with E-state index in [2.05, 4.69) is 37.7 Å². The van der Waals surface area contributed by atoms with Gasteiger partial charge in [-0.2, -0.15) is 0 Å². The first-order valence-electron chi connectivity index (χ1n) is 8.65. The molecule has 8 heteroatoms. The lowest BCUT2D eigenvalue weighted by molar-refractivity contribution is 0.00354. The van der Waals surface area contributed by atoms with Crippen LogP contribution >= 0.6 is 0 Å². The van der Waals surface area contributed by atoms with Gasteiger partial charge < -0.3 is 25.6 Å². The second kappa shape index (κ2) is 8.25. The summed E-state index contributed by atoms with van der Waals surface area (Å²) in [6.45, 7) is 7.19. The van der Waals surface area contributed by atoms with E-state index in [4.69, 9.17) is 4.74 Å². The maximum atomic E-state index is 12.0. The molecule has 132 valence electrons. The van der Waals surface area contributed by atoms with Gasteiger partial charge in [-0.1, -0.05) is 0 Å². The molecule has 2 aliphatic heterocycles. The Labute approximate surface area is 142 Å². The summed E-state index contributed by atoms with van der Waals surface area (Å²) in [5, 5.41) is 9.00. The zero-order chi connectivity index (χ0) is 16.8. The molecule has 2 unspecified atom stereocenters. The Hall–Kier alpha value is -1.93. The third-order valence-electron chi connectivity index (χ3n) is 4.44. The van der Waals surface area contributed by atoms with Gasteiger partial charge in [0.2, 0.25) is 5.95 Å². The van der Waals surface area contributed by atoms with Gasteiger partial charge in [0.1, 0.15) is 0 Å². The highest BCUT2D eigenvalue weighted by molar-refractivity contribution is 5.88. The number of carbonyl (C=O) groups excluding carboxylic acids is 1. The van der Waals surface area contributed by atoms with Gasteiger partial charge in [-0.15, -0.1) is 0 Å². The van der Waals surface area contributed by atoms with E-state index in [0.717, 1.165) is 45.6 Å². The highest BCUT2D eigenvalue weighted by Crippen LogP contribution is 2.19. The van der Waals surface area contributed by atoms with Crippen LogP contribution in [-0.2, 0) is 4.74 Å². The molecule has 1 aromatic rings. The number of hydrogen-bond donors (Lipinski definition) is 3. The van der Waals surface area contributed by atoms with Gasteiger partial charge in [-0.3, -0.25) is 0 Å². The molecule has 0 saturated carbocycles. The predicted molar refractivity (Wildman–Crippen MR) is 92.3 cm³/mol. The number of carbonyl (C=O) groups is 1. The Morgan fingerprint density at radius 3 is 2.83 bits per heavy atom. The molecular weight excluding hydrogens is 308 g/mol. The first-order valence-corrected chi connectivity index (χ1v) is 8.65. The van der Waals surface area contributed by atoms with Crippen LogP contribution in [0.25, 0.3) is 0 Å². The Balaban J connectivity index is 1.44. The van der Waals surface area contributed by atoms with Gasteiger partial charge in [0, 0.05) is 39.3 Å². The molecular formula is C16H26N6O2. The molecule has 2 fully saturated rings. The number of rotatable bonds is 4. The summed E-state index contributed by atoms with van der Waals surface area (Å²) < 4.78 is 5.52. The van der Waals surface area contributed by atoms with Crippen LogP contribution in [0.1, 0.15) is 19.8 Å². The number of hydrogen-bond acceptors (Lipinski definition) is 6. The summed E-state index contributed by atoms with van der Waals surface area (Å²) in [4.78, 5) is 22.8. The quantitative estimate of drug-likeness (QED) is 0.755. The van der Waals surface area contributed by atoms with Crippen LogP contribution in [0.3, 0.4) is 0 Å².